The van der Waals surface area contributed by atoms with Crippen molar-refractivity contribution in [3.63, 3.8) is 0 Å². The van der Waals surface area contributed by atoms with Crippen LogP contribution in [-0.2, 0) is 16.6 Å². The van der Waals surface area contributed by atoms with Crippen molar-refractivity contribution in [2.75, 3.05) is 18.0 Å². The second-order valence-electron chi connectivity index (χ2n) is 8.30. The molecule has 1 heterocycles. The van der Waals surface area contributed by atoms with E-state index in [0.717, 1.165) is 30.5 Å². The molecule has 0 atom stereocenters. The molecule has 146 valence electrons. The highest BCUT2D eigenvalue weighted by Gasteiger charge is 2.36. The minimum Gasteiger partial charge on any atom is -0.351 e. The molecule has 0 aromatic heterocycles. The van der Waals surface area contributed by atoms with Crippen LogP contribution >= 0.6 is 0 Å². The van der Waals surface area contributed by atoms with Crippen molar-refractivity contribution in [3.05, 3.63) is 64.7 Å². The summed E-state index contributed by atoms with van der Waals surface area (Å²) >= 11 is 0. The predicted molar refractivity (Wildman–Crippen MR) is 112 cm³/mol. The van der Waals surface area contributed by atoms with Gasteiger partial charge in [0.1, 0.15) is 0 Å². The van der Waals surface area contributed by atoms with Gasteiger partial charge in [-0.15, -0.1) is 0 Å². The number of nitrogens with zero attached hydrogens (tertiary/aromatic N) is 1. The highest BCUT2D eigenvalue weighted by atomic mass is 16.2. The molecule has 4 heteroatoms. The molecule has 2 aliphatic rings. The Morgan fingerprint density at radius 1 is 1.11 bits per heavy atom. The summed E-state index contributed by atoms with van der Waals surface area (Å²) < 4.78 is 0. The zero-order chi connectivity index (χ0) is 19.7. The van der Waals surface area contributed by atoms with Gasteiger partial charge in [-0.3, -0.25) is 9.59 Å². The van der Waals surface area contributed by atoms with Crippen molar-refractivity contribution in [3.8, 4) is 0 Å². The average Bonchev–Trinajstić information content (AvgIpc) is 3.33. The molecule has 2 aromatic carbocycles. The second kappa shape index (κ2) is 7.42. The van der Waals surface area contributed by atoms with E-state index < -0.39 is 0 Å². The molecule has 2 amide bonds. The Bertz CT molecular complexity index is 913. The van der Waals surface area contributed by atoms with Gasteiger partial charge in [0.15, 0.2) is 0 Å². The molecule has 0 unspecified atom stereocenters. The summed E-state index contributed by atoms with van der Waals surface area (Å²) in [5.74, 6) is 0.0280. The Balaban J connectivity index is 1.50. The van der Waals surface area contributed by atoms with Gasteiger partial charge in [-0.1, -0.05) is 42.7 Å². The molecule has 1 saturated carbocycles. The third-order valence-corrected chi connectivity index (χ3v) is 6.40. The number of anilines is 1. The van der Waals surface area contributed by atoms with Crippen LogP contribution in [0.25, 0.3) is 0 Å². The number of rotatable bonds is 4. The second-order valence-corrected chi connectivity index (χ2v) is 8.30. The van der Waals surface area contributed by atoms with Crippen LogP contribution in [0.3, 0.4) is 0 Å². The van der Waals surface area contributed by atoms with Crippen LogP contribution in [0.1, 0.15) is 59.7 Å². The predicted octanol–water partition coefficient (Wildman–Crippen LogP) is 4.15. The normalized spacial score (nSPS) is 17.4. The summed E-state index contributed by atoms with van der Waals surface area (Å²) in [4.78, 5) is 26.4. The molecule has 4 nitrogen and oxygen atoms in total. The maximum absolute atomic E-state index is 12.9. The van der Waals surface area contributed by atoms with Gasteiger partial charge < -0.3 is 10.2 Å². The van der Waals surface area contributed by atoms with Gasteiger partial charge in [0.2, 0.25) is 5.91 Å². The lowest BCUT2D eigenvalue weighted by molar-refractivity contribution is -0.116. The molecule has 0 saturated heterocycles. The summed E-state index contributed by atoms with van der Waals surface area (Å²) in [7, 11) is 0. The van der Waals surface area contributed by atoms with Gasteiger partial charge in [0.05, 0.1) is 0 Å². The molecule has 1 aliphatic heterocycles. The number of benzene rings is 2. The lowest BCUT2D eigenvalue weighted by Crippen LogP contribution is -2.39. The topological polar surface area (TPSA) is 49.4 Å². The van der Waals surface area contributed by atoms with Gasteiger partial charge in [-0.25, -0.2) is 0 Å². The van der Waals surface area contributed by atoms with E-state index in [1.165, 1.54) is 24.0 Å². The number of hydrogen-bond donors (Lipinski definition) is 1. The Hall–Kier alpha value is -2.62. The third-order valence-electron chi connectivity index (χ3n) is 6.40. The fourth-order valence-electron chi connectivity index (χ4n) is 4.82. The first-order chi connectivity index (χ1) is 13.5. The standard InChI is InChI=1S/C24H28N2O2/c1-17-6-5-7-21(14-17)24(11-3-4-12-24)16-25-23(28)20-8-9-22-19(15-20)10-13-26(22)18(2)27/h5-9,14-15H,3-4,10-13,16H2,1-2H3,(H,25,28). The number of amides is 2. The minimum atomic E-state index is -0.0250. The first-order valence-corrected chi connectivity index (χ1v) is 10.2. The zero-order valence-corrected chi connectivity index (χ0v) is 16.8. The van der Waals surface area contributed by atoms with Crippen molar-refractivity contribution in [1.29, 1.82) is 0 Å². The van der Waals surface area contributed by atoms with Crippen molar-refractivity contribution >= 4 is 17.5 Å². The average molecular weight is 377 g/mol. The van der Waals surface area contributed by atoms with E-state index in [2.05, 4.69) is 36.5 Å². The monoisotopic (exact) mass is 376 g/mol. The molecule has 1 aliphatic carbocycles. The SMILES string of the molecule is CC(=O)N1CCc2cc(C(=O)NCC3(c4cccc(C)c4)CCCC3)ccc21. The summed E-state index contributed by atoms with van der Waals surface area (Å²) in [6.07, 6.45) is 5.47. The Labute approximate surface area is 166 Å². The maximum Gasteiger partial charge on any atom is 0.251 e. The Morgan fingerprint density at radius 3 is 2.61 bits per heavy atom. The molecular formula is C24H28N2O2. The van der Waals surface area contributed by atoms with Crippen molar-refractivity contribution in [1.82, 2.24) is 5.32 Å². The highest BCUT2D eigenvalue weighted by molar-refractivity contribution is 5.97. The number of nitrogens with one attached hydrogen (secondary N) is 1. The van der Waals surface area contributed by atoms with E-state index in [-0.39, 0.29) is 17.2 Å². The van der Waals surface area contributed by atoms with Crippen LogP contribution in [-0.4, -0.2) is 24.9 Å². The number of aryl methyl sites for hydroxylation is 1. The van der Waals surface area contributed by atoms with Gasteiger partial charge in [-0.2, -0.15) is 0 Å². The van der Waals surface area contributed by atoms with Gasteiger partial charge >= 0.3 is 0 Å². The lowest BCUT2D eigenvalue weighted by atomic mass is 9.78. The van der Waals surface area contributed by atoms with Gasteiger partial charge in [0.25, 0.3) is 5.91 Å². The quantitative estimate of drug-likeness (QED) is 0.872. The van der Waals surface area contributed by atoms with E-state index >= 15 is 0 Å². The first kappa shape index (κ1) is 18.7. The van der Waals surface area contributed by atoms with Crippen LogP contribution in [0.4, 0.5) is 5.69 Å². The summed E-state index contributed by atoms with van der Waals surface area (Å²) in [6.45, 7) is 5.08. The maximum atomic E-state index is 12.9. The molecule has 4 rings (SSSR count). The minimum absolute atomic E-state index is 0.0250. The molecular weight excluding hydrogens is 348 g/mol. The number of carbonyl (C=O) groups excluding carboxylic acids is 2. The van der Waals surface area contributed by atoms with E-state index in [1.54, 1.807) is 11.8 Å². The van der Waals surface area contributed by atoms with Crippen molar-refractivity contribution in [2.24, 2.45) is 0 Å². The van der Waals surface area contributed by atoms with Crippen LogP contribution in [0, 0.1) is 6.92 Å². The lowest BCUT2D eigenvalue weighted by Gasteiger charge is -2.30. The van der Waals surface area contributed by atoms with E-state index in [9.17, 15) is 9.59 Å². The molecule has 1 N–H and O–H groups in total. The fourth-order valence-corrected chi connectivity index (χ4v) is 4.82. The number of carbonyl (C=O) groups is 2. The third kappa shape index (κ3) is 3.44. The Morgan fingerprint density at radius 2 is 1.89 bits per heavy atom. The smallest absolute Gasteiger partial charge is 0.251 e. The zero-order valence-electron chi connectivity index (χ0n) is 16.8. The summed E-state index contributed by atoms with van der Waals surface area (Å²) in [5, 5.41) is 3.21. The number of fused-ring (bicyclic) bond motifs is 1. The summed E-state index contributed by atoms with van der Waals surface area (Å²) in [6, 6.07) is 14.4. The number of hydrogen-bond acceptors (Lipinski definition) is 2. The first-order valence-electron chi connectivity index (χ1n) is 10.2. The Kier molecular flexibility index (Phi) is 4.96. The van der Waals surface area contributed by atoms with Gasteiger partial charge in [0, 0.05) is 36.7 Å². The van der Waals surface area contributed by atoms with Crippen molar-refractivity contribution in [2.45, 2.75) is 51.4 Å². The van der Waals surface area contributed by atoms with Crippen LogP contribution < -0.4 is 10.2 Å². The fraction of sp³-hybridized carbons (Fsp3) is 0.417. The van der Waals surface area contributed by atoms with Gasteiger partial charge in [-0.05, 0) is 55.5 Å². The largest absolute Gasteiger partial charge is 0.351 e. The molecule has 0 radical (unpaired) electrons. The van der Waals surface area contributed by atoms with E-state index in [0.29, 0.717) is 18.7 Å². The van der Waals surface area contributed by atoms with Crippen LogP contribution in [0.5, 0.6) is 0 Å². The molecule has 0 bridgehead atoms. The highest BCUT2D eigenvalue weighted by Crippen LogP contribution is 2.41. The van der Waals surface area contributed by atoms with E-state index in [4.69, 9.17) is 0 Å². The molecule has 28 heavy (non-hydrogen) atoms. The van der Waals surface area contributed by atoms with Crippen molar-refractivity contribution < 1.29 is 9.59 Å². The molecule has 0 spiro atoms. The van der Waals surface area contributed by atoms with Crippen LogP contribution in [0.2, 0.25) is 0 Å². The molecule has 2 aromatic rings. The van der Waals surface area contributed by atoms with Crippen LogP contribution in [0.15, 0.2) is 42.5 Å². The molecule has 1 fully saturated rings. The van der Waals surface area contributed by atoms with E-state index in [1.807, 2.05) is 18.2 Å². The summed E-state index contributed by atoms with van der Waals surface area (Å²) in [5.41, 5.74) is 5.36.